The Hall–Kier alpha value is -2.03. The second-order valence-corrected chi connectivity index (χ2v) is 6.17. The van der Waals surface area contributed by atoms with Gasteiger partial charge in [-0.25, -0.2) is 4.79 Å². The van der Waals surface area contributed by atoms with Gasteiger partial charge in [0.15, 0.2) is 12.0 Å². The van der Waals surface area contributed by atoms with E-state index in [-0.39, 0.29) is 0 Å². The third-order valence-corrected chi connectivity index (χ3v) is 4.11. The highest BCUT2D eigenvalue weighted by molar-refractivity contribution is 5.18. The maximum Gasteiger partial charge on any atom is 0.330 e. The van der Waals surface area contributed by atoms with E-state index in [2.05, 4.69) is 4.98 Å². The minimum atomic E-state index is -2.16. The average molecular weight is 339 g/mol. The molecule has 0 spiro atoms. The van der Waals surface area contributed by atoms with Gasteiger partial charge in [-0.15, -0.1) is 0 Å². The maximum atomic E-state index is 12.1. The molecule has 0 unspecified atom stereocenters. The van der Waals surface area contributed by atoms with E-state index in [0.717, 1.165) is 10.6 Å². The lowest BCUT2D eigenvalue weighted by Gasteiger charge is -2.44. The normalized spacial score (nSPS) is 37.6. The van der Waals surface area contributed by atoms with Crippen molar-refractivity contribution in [3.05, 3.63) is 33.1 Å². The standard InChI is InChI=1S/C14H17N3O7/c1-13(2)23-9-10(24-13)14(21,6-15)7(5-18)22-11(9)17-4-3-8(19)16-12(17)20/h3-4,7,9-11,18,21H,5H2,1-2H3,(H,16,19,20)/t7-,9+,10-,11+,14-/m1/s1. The van der Waals surface area contributed by atoms with E-state index in [1.54, 1.807) is 19.9 Å². The van der Waals surface area contributed by atoms with E-state index >= 15 is 0 Å². The Bertz CT molecular complexity index is 795. The zero-order valence-corrected chi connectivity index (χ0v) is 13.0. The average Bonchev–Trinajstić information content (AvgIpc) is 2.85. The van der Waals surface area contributed by atoms with Crippen molar-refractivity contribution in [1.29, 1.82) is 5.26 Å². The highest BCUT2D eigenvalue weighted by Crippen LogP contribution is 2.45. The molecule has 24 heavy (non-hydrogen) atoms. The van der Waals surface area contributed by atoms with Gasteiger partial charge in [-0.3, -0.25) is 14.3 Å². The molecule has 10 heteroatoms. The van der Waals surface area contributed by atoms with E-state index < -0.39 is 53.8 Å². The Labute approximate surface area is 135 Å². The van der Waals surface area contributed by atoms with Crippen molar-refractivity contribution in [2.24, 2.45) is 0 Å². The summed E-state index contributed by atoms with van der Waals surface area (Å²) >= 11 is 0. The van der Waals surface area contributed by atoms with Gasteiger partial charge in [0.2, 0.25) is 5.60 Å². The highest BCUT2D eigenvalue weighted by atomic mass is 16.8. The van der Waals surface area contributed by atoms with Crippen molar-refractivity contribution in [1.82, 2.24) is 9.55 Å². The van der Waals surface area contributed by atoms with E-state index in [1.807, 2.05) is 0 Å². The SMILES string of the molecule is CC1(C)O[C@H]2[C@@H](O1)[C@@](O)(C#N)[C@@H](CO)O[C@@H]2n1ccc(=O)[nH]c1=O. The Morgan fingerprint density at radius 2 is 2.12 bits per heavy atom. The molecular formula is C14H17N3O7. The smallest absolute Gasteiger partial charge is 0.330 e. The fourth-order valence-electron chi connectivity index (χ4n) is 3.04. The number of nitrogens with one attached hydrogen (secondary N) is 1. The number of aliphatic hydroxyl groups is 2. The molecule has 2 saturated heterocycles. The zero-order valence-electron chi connectivity index (χ0n) is 13.0. The number of hydrogen-bond acceptors (Lipinski definition) is 8. The van der Waals surface area contributed by atoms with Gasteiger partial charge in [-0.1, -0.05) is 0 Å². The predicted molar refractivity (Wildman–Crippen MR) is 76.7 cm³/mol. The third kappa shape index (κ3) is 2.47. The van der Waals surface area contributed by atoms with Crippen LogP contribution in [0.1, 0.15) is 20.1 Å². The Balaban J connectivity index is 2.10. The second-order valence-electron chi connectivity index (χ2n) is 6.17. The summed E-state index contributed by atoms with van der Waals surface area (Å²) in [5, 5.41) is 29.5. The number of nitriles is 1. The van der Waals surface area contributed by atoms with Crippen molar-refractivity contribution in [3.63, 3.8) is 0 Å². The maximum absolute atomic E-state index is 12.1. The number of nitrogens with zero attached hydrogens (tertiary/aromatic N) is 2. The molecule has 1 aromatic heterocycles. The third-order valence-electron chi connectivity index (χ3n) is 4.11. The topological polar surface area (TPSA) is 147 Å². The molecule has 2 aliphatic rings. The van der Waals surface area contributed by atoms with Crippen LogP contribution >= 0.6 is 0 Å². The summed E-state index contributed by atoms with van der Waals surface area (Å²) in [6.45, 7) is 2.50. The first-order valence-corrected chi connectivity index (χ1v) is 7.29. The zero-order chi connectivity index (χ0) is 17.7. The van der Waals surface area contributed by atoms with Crippen LogP contribution in [0.5, 0.6) is 0 Å². The molecule has 2 aliphatic heterocycles. The summed E-state index contributed by atoms with van der Waals surface area (Å²) in [7, 11) is 0. The van der Waals surface area contributed by atoms with E-state index in [4.69, 9.17) is 14.2 Å². The summed E-state index contributed by atoms with van der Waals surface area (Å²) < 4.78 is 18.0. The molecule has 1 aromatic rings. The number of aromatic nitrogens is 2. The molecule has 130 valence electrons. The molecule has 3 rings (SSSR count). The number of H-pyrrole nitrogens is 1. The van der Waals surface area contributed by atoms with Crippen LogP contribution in [-0.2, 0) is 14.2 Å². The van der Waals surface area contributed by atoms with Crippen LogP contribution in [0.4, 0.5) is 0 Å². The lowest BCUT2D eigenvalue weighted by molar-refractivity contribution is -0.247. The monoisotopic (exact) mass is 339 g/mol. The number of aliphatic hydroxyl groups excluding tert-OH is 1. The Morgan fingerprint density at radius 3 is 2.71 bits per heavy atom. The molecule has 10 nitrogen and oxygen atoms in total. The largest absolute Gasteiger partial charge is 0.394 e. The van der Waals surface area contributed by atoms with Crippen LogP contribution in [0.2, 0.25) is 0 Å². The van der Waals surface area contributed by atoms with E-state index in [1.165, 1.54) is 6.20 Å². The second kappa shape index (κ2) is 5.51. The molecule has 0 bridgehead atoms. The fourth-order valence-corrected chi connectivity index (χ4v) is 3.04. The van der Waals surface area contributed by atoms with Crippen LogP contribution in [0.25, 0.3) is 0 Å². The van der Waals surface area contributed by atoms with Gasteiger partial charge in [-0.05, 0) is 13.8 Å². The lowest BCUT2D eigenvalue weighted by Crippen LogP contribution is -2.64. The first kappa shape index (κ1) is 16.8. The lowest BCUT2D eigenvalue weighted by atomic mass is 9.85. The van der Waals surface area contributed by atoms with Gasteiger partial charge in [0.1, 0.15) is 24.4 Å². The number of hydrogen-bond donors (Lipinski definition) is 3. The van der Waals surface area contributed by atoms with Crippen LogP contribution in [0, 0.1) is 11.3 Å². The van der Waals surface area contributed by atoms with Crippen molar-refractivity contribution in [2.75, 3.05) is 6.61 Å². The van der Waals surface area contributed by atoms with E-state index in [9.17, 15) is 25.1 Å². The van der Waals surface area contributed by atoms with Gasteiger partial charge in [0.05, 0.1) is 6.61 Å². The van der Waals surface area contributed by atoms with Crippen LogP contribution in [0.15, 0.2) is 21.9 Å². The fraction of sp³-hybridized carbons (Fsp3) is 0.643. The van der Waals surface area contributed by atoms with E-state index in [0.29, 0.717) is 0 Å². The summed E-state index contributed by atoms with van der Waals surface area (Å²) in [4.78, 5) is 25.4. The van der Waals surface area contributed by atoms with Crippen LogP contribution in [0.3, 0.4) is 0 Å². The minimum absolute atomic E-state index is 0.584. The number of ether oxygens (including phenoxy) is 3. The summed E-state index contributed by atoms with van der Waals surface area (Å²) in [6, 6.07) is 2.83. The first-order chi connectivity index (χ1) is 11.2. The summed E-state index contributed by atoms with van der Waals surface area (Å²) in [5.41, 5.74) is -3.49. The van der Waals surface area contributed by atoms with Gasteiger partial charge in [0, 0.05) is 12.3 Å². The molecule has 0 amide bonds. The highest BCUT2D eigenvalue weighted by Gasteiger charge is 2.63. The molecule has 0 aliphatic carbocycles. The van der Waals surface area contributed by atoms with Gasteiger partial charge >= 0.3 is 5.69 Å². The molecule has 0 aromatic carbocycles. The number of rotatable bonds is 2. The molecule has 3 heterocycles. The van der Waals surface area contributed by atoms with Crippen molar-refractivity contribution >= 4 is 0 Å². The van der Waals surface area contributed by atoms with Gasteiger partial charge in [-0.2, -0.15) is 5.26 Å². The first-order valence-electron chi connectivity index (χ1n) is 7.29. The molecule has 2 fully saturated rings. The number of aromatic amines is 1. The quantitative estimate of drug-likeness (QED) is 0.535. The van der Waals surface area contributed by atoms with Crippen LogP contribution in [-0.4, -0.2) is 56.1 Å². The van der Waals surface area contributed by atoms with Crippen molar-refractivity contribution < 1.29 is 24.4 Å². The molecular weight excluding hydrogens is 322 g/mol. The van der Waals surface area contributed by atoms with Crippen LogP contribution < -0.4 is 11.2 Å². The summed E-state index contributed by atoms with van der Waals surface area (Å²) in [5.74, 6) is -1.14. The molecule has 0 radical (unpaired) electrons. The van der Waals surface area contributed by atoms with Crippen molar-refractivity contribution in [3.8, 4) is 6.07 Å². The molecule has 5 atom stereocenters. The molecule has 0 saturated carbocycles. The van der Waals surface area contributed by atoms with Crippen molar-refractivity contribution in [2.45, 2.75) is 49.8 Å². The summed E-state index contributed by atoms with van der Waals surface area (Å²) in [6.07, 6.45) is -3.39. The Kier molecular flexibility index (Phi) is 3.86. The Morgan fingerprint density at radius 1 is 1.42 bits per heavy atom. The van der Waals surface area contributed by atoms with Gasteiger partial charge < -0.3 is 24.4 Å². The minimum Gasteiger partial charge on any atom is -0.394 e. The van der Waals surface area contributed by atoms with Gasteiger partial charge in [0.25, 0.3) is 5.56 Å². The predicted octanol–water partition coefficient (Wildman–Crippen LogP) is -1.80. The molecule has 3 N–H and O–H groups in total. The number of fused-ring (bicyclic) bond motifs is 1.